The zero-order valence-corrected chi connectivity index (χ0v) is 13.6. The molecular formula is C20H14FNOS. The largest absolute Gasteiger partial charge is 0.342 e. The molecular weight excluding hydrogens is 321 g/mol. The van der Waals surface area contributed by atoms with Crippen molar-refractivity contribution in [1.82, 2.24) is 4.57 Å². The summed E-state index contributed by atoms with van der Waals surface area (Å²) >= 11 is 1.43. The Balaban J connectivity index is 1.83. The SMILES string of the molecule is O=C(c1cccs1)c1cn(Cc2ccccc2F)c2ccccc12. The lowest BCUT2D eigenvalue weighted by atomic mass is 10.1. The van der Waals surface area contributed by atoms with Crippen molar-refractivity contribution in [2.45, 2.75) is 6.54 Å². The van der Waals surface area contributed by atoms with E-state index in [-0.39, 0.29) is 11.6 Å². The Morgan fingerprint density at radius 1 is 1.00 bits per heavy atom. The molecule has 4 aromatic rings. The van der Waals surface area contributed by atoms with E-state index in [1.807, 2.05) is 58.6 Å². The van der Waals surface area contributed by atoms with Gasteiger partial charge in [-0.15, -0.1) is 11.3 Å². The normalized spacial score (nSPS) is 11.0. The van der Waals surface area contributed by atoms with Gasteiger partial charge in [0.1, 0.15) is 5.82 Å². The van der Waals surface area contributed by atoms with Crippen molar-refractivity contribution in [2.75, 3.05) is 0 Å². The van der Waals surface area contributed by atoms with Crippen LogP contribution in [0.5, 0.6) is 0 Å². The molecule has 0 aliphatic carbocycles. The van der Waals surface area contributed by atoms with Crippen LogP contribution in [0.2, 0.25) is 0 Å². The van der Waals surface area contributed by atoms with Gasteiger partial charge in [0, 0.05) is 28.2 Å². The first kappa shape index (κ1) is 14.8. The van der Waals surface area contributed by atoms with Gasteiger partial charge in [-0.25, -0.2) is 4.39 Å². The van der Waals surface area contributed by atoms with Gasteiger partial charge in [0.15, 0.2) is 0 Å². The van der Waals surface area contributed by atoms with Gasteiger partial charge in [-0.3, -0.25) is 4.79 Å². The highest BCUT2D eigenvalue weighted by Gasteiger charge is 2.17. The van der Waals surface area contributed by atoms with Crippen molar-refractivity contribution in [1.29, 1.82) is 0 Å². The average molecular weight is 335 g/mol. The predicted molar refractivity (Wildman–Crippen MR) is 95.2 cm³/mol. The van der Waals surface area contributed by atoms with Crippen LogP contribution in [0, 0.1) is 5.82 Å². The Bertz CT molecular complexity index is 1020. The number of aromatic nitrogens is 1. The second kappa shape index (κ2) is 6.06. The van der Waals surface area contributed by atoms with Gasteiger partial charge in [-0.05, 0) is 23.6 Å². The third-order valence-electron chi connectivity index (χ3n) is 4.08. The van der Waals surface area contributed by atoms with Crippen molar-refractivity contribution < 1.29 is 9.18 Å². The standard InChI is InChI=1S/C20H14FNOS/c21-17-8-3-1-6-14(17)12-22-13-16(15-7-2-4-9-18(15)22)20(23)19-10-5-11-24-19/h1-11,13H,12H2. The molecule has 0 aliphatic rings. The van der Waals surface area contributed by atoms with E-state index < -0.39 is 0 Å². The zero-order valence-electron chi connectivity index (χ0n) is 12.8. The third-order valence-corrected chi connectivity index (χ3v) is 4.95. The molecule has 4 rings (SSSR count). The first-order valence-electron chi connectivity index (χ1n) is 7.63. The Kier molecular flexibility index (Phi) is 3.75. The van der Waals surface area contributed by atoms with Crippen LogP contribution in [-0.2, 0) is 6.54 Å². The van der Waals surface area contributed by atoms with E-state index in [2.05, 4.69) is 0 Å². The summed E-state index contributed by atoms with van der Waals surface area (Å²) < 4.78 is 15.9. The summed E-state index contributed by atoms with van der Waals surface area (Å²) in [5.74, 6) is -0.227. The molecule has 2 heterocycles. The maximum atomic E-state index is 14.0. The number of fused-ring (bicyclic) bond motifs is 1. The number of para-hydroxylation sites is 1. The number of halogens is 1. The Morgan fingerprint density at radius 3 is 2.58 bits per heavy atom. The highest BCUT2D eigenvalue weighted by atomic mass is 32.1. The molecule has 0 atom stereocenters. The summed E-state index contributed by atoms with van der Waals surface area (Å²) in [4.78, 5) is 13.5. The van der Waals surface area contributed by atoms with Crippen LogP contribution < -0.4 is 0 Å². The lowest BCUT2D eigenvalue weighted by molar-refractivity contribution is 0.104. The van der Waals surface area contributed by atoms with Crippen LogP contribution >= 0.6 is 11.3 Å². The number of carbonyl (C=O) groups is 1. The second-order valence-electron chi connectivity index (χ2n) is 5.59. The van der Waals surface area contributed by atoms with Gasteiger partial charge < -0.3 is 4.57 Å². The number of benzene rings is 2. The molecule has 0 aliphatic heterocycles. The molecule has 0 bridgehead atoms. The third kappa shape index (κ3) is 2.55. The van der Waals surface area contributed by atoms with Crippen molar-refractivity contribution >= 4 is 28.0 Å². The van der Waals surface area contributed by atoms with Gasteiger partial charge in [-0.2, -0.15) is 0 Å². The smallest absolute Gasteiger partial charge is 0.205 e. The molecule has 0 N–H and O–H groups in total. The molecule has 2 aromatic heterocycles. The number of carbonyl (C=O) groups excluding carboxylic acids is 1. The lowest BCUT2D eigenvalue weighted by Crippen LogP contribution is -2.01. The van der Waals surface area contributed by atoms with Crippen molar-refractivity contribution in [2.24, 2.45) is 0 Å². The van der Waals surface area contributed by atoms with E-state index in [0.717, 1.165) is 10.9 Å². The predicted octanol–water partition coefficient (Wildman–Crippen LogP) is 5.12. The number of thiophene rings is 1. The Morgan fingerprint density at radius 2 is 1.79 bits per heavy atom. The monoisotopic (exact) mass is 335 g/mol. The topological polar surface area (TPSA) is 22.0 Å². The number of rotatable bonds is 4. The van der Waals surface area contributed by atoms with Gasteiger partial charge in [-0.1, -0.05) is 42.5 Å². The molecule has 2 aromatic carbocycles. The van der Waals surface area contributed by atoms with Gasteiger partial charge in [0.2, 0.25) is 5.78 Å². The summed E-state index contributed by atoms with van der Waals surface area (Å²) in [6.07, 6.45) is 1.83. The van der Waals surface area contributed by atoms with Gasteiger partial charge >= 0.3 is 0 Å². The van der Waals surface area contributed by atoms with Crippen LogP contribution in [0.4, 0.5) is 4.39 Å². The van der Waals surface area contributed by atoms with Crippen LogP contribution in [-0.4, -0.2) is 10.4 Å². The number of hydrogen-bond acceptors (Lipinski definition) is 2. The number of ketones is 1. The molecule has 0 amide bonds. The van der Waals surface area contributed by atoms with Crippen molar-refractivity contribution in [3.05, 3.63) is 94.1 Å². The van der Waals surface area contributed by atoms with Gasteiger partial charge in [0.05, 0.1) is 11.4 Å². The van der Waals surface area contributed by atoms with E-state index in [9.17, 15) is 9.18 Å². The summed E-state index contributed by atoms with van der Waals surface area (Å²) in [5.41, 5.74) is 2.19. The molecule has 0 saturated carbocycles. The summed E-state index contributed by atoms with van der Waals surface area (Å²) in [6, 6.07) is 18.2. The van der Waals surface area contributed by atoms with E-state index in [4.69, 9.17) is 0 Å². The van der Waals surface area contributed by atoms with Crippen molar-refractivity contribution in [3.63, 3.8) is 0 Å². The summed E-state index contributed by atoms with van der Waals surface area (Å²) in [7, 11) is 0. The molecule has 0 spiro atoms. The molecule has 118 valence electrons. The minimum Gasteiger partial charge on any atom is -0.342 e. The zero-order chi connectivity index (χ0) is 16.5. The van der Waals surface area contributed by atoms with Crippen LogP contribution in [0.1, 0.15) is 20.8 Å². The fourth-order valence-corrected chi connectivity index (χ4v) is 3.59. The maximum absolute atomic E-state index is 14.0. The first-order chi connectivity index (χ1) is 11.7. The Hall–Kier alpha value is -2.72. The van der Waals surface area contributed by atoms with E-state index >= 15 is 0 Å². The summed E-state index contributed by atoms with van der Waals surface area (Å²) in [6.45, 7) is 0.394. The maximum Gasteiger partial charge on any atom is 0.205 e. The highest BCUT2D eigenvalue weighted by Crippen LogP contribution is 2.26. The fourth-order valence-electron chi connectivity index (χ4n) is 2.91. The lowest BCUT2D eigenvalue weighted by Gasteiger charge is -2.06. The minimum absolute atomic E-state index is 0.00786. The molecule has 2 nitrogen and oxygen atoms in total. The van der Waals surface area contributed by atoms with E-state index in [1.54, 1.807) is 12.1 Å². The first-order valence-corrected chi connectivity index (χ1v) is 8.51. The van der Waals surface area contributed by atoms with Gasteiger partial charge in [0.25, 0.3) is 0 Å². The van der Waals surface area contributed by atoms with Crippen LogP contribution in [0.15, 0.2) is 72.2 Å². The quantitative estimate of drug-likeness (QED) is 0.474. The number of hydrogen-bond donors (Lipinski definition) is 0. The van der Waals surface area contributed by atoms with Crippen LogP contribution in [0.25, 0.3) is 10.9 Å². The second-order valence-corrected chi connectivity index (χ2v) is 6.53. The van der Waals surface area contributed by atoms with Crippen LogP contribution in [0.3, 0.4) is 0 Å². The molecule has 0 saturated heterocycles. The fraction of sp³-hybridized carbons (Fsp3) is 0.0500. The number of nitrogens with zero attached hydrogens (tertiary/aromatic N) is 1. The van der Waals surface area contributed by atoms with Crippen molar-refractivity contribution in [3.8, 4) is 0 Å². The molecule has 0 fully saturated rings. The Labute approximate surface area is 142 Å². The minimum atomic E-state index is -0.235. The van der Waals surface area contributed by atoms with E-state index in [1.165, 1.54) is 17.4 Å². The summed E-state index contributed by atoms with van der Waals surface area (Å²) in [5, 5.41) is 2.79. The molecule has 24 heavy (non-hydrogen) atoms. The molecule has 0 radical (unpaired) electrons. The molecule has 0 unspecified atom stereocenters. The molecule has 4 heteroatoms. The average Bonchev–Trinajstić information content (AvgIpc) is 3.25. The highest BCUT2D eigenvalue weighted by molar-refractivity contribution is 7.12. The van der Waals surface area contributed by atoms with E-state index in [0.29, 0.717) is 22.5 Å².